The van der Waals surface area contributed by atoms with E-state index < -0.39 is 0 Å². The summed E-state index contributed by atoms with van der Waals surface area (Å²) in [5, 5.41) is 7.25. The van der Waals surface area contributed by atoms with Gasteiger partial charge in [0.25, 0.3) is 5.56 Å². The van der Waals surface area contributed by atoms with Crippen LogP contribution >= 0.6 is 0 Å². The number of hydrogen-bond donors (Lipinski definition) is 1. The summed E-state index contributed by atoms with van der Waals surface area (Å²) in [5.41, 5.74) is 2.42. The molecule has 0 aliphatic carbocycles. The summed E-state index contributed by atoms with van der Waals surface area (Å²) in [7, 11) is 3.23. The maximum Gasteiger partial charge on any atom is 0.266 e. The van der Waals surface area contributed by atoms with Crippen LogP contribution in [-0.2, 0) is 17.8 Å². The van der Waals surface area contributed by atoms with E-state index in [9.17, 15) is 9.59 Å². The lowest BCUT2D eigenvalue weighted by Gasteiger charge is -2.09. The van der Waals surface area contributed by atoms with Crippen LogP contribution < -0.4 is 20.3 Å². The summed E-state index contributed by atoms with van der Waals surface area (Å²) < 4.78 is 11.7. The topological polar surface area (TPSA) is 82.4 Å². The van der Waals surface area contributed by atoms with Gasteiger partial charge in [-0.15, -0.1) is 0 Å². The van der Waals surface area contributed by atoms with Crippen molar-refractivity contribution in [3.8, 4) is 22.8 Å². The van der Waals surface area contributed by atoms with Crippen molar-refractivity contribution in [1.82, 2.24) is 15.1 Å². The number of methoxy groups -OCH3 is 2. The average Bonchev–Trinajstić information content (AvgIpc) is 2.79. The molecule has 0 saturated heterocycles. The van der Waals surface area contributed by atoms with E-state index >= 15 is 0 Å². The molecule has 30 heavy (non-hydrogen) atoms. The molecule has 0 saturated carbocycles. The van der Waals surface area contributed by atoms with Gasteiger partial charge in [0.1, 0.15) is 11.5 Å². The van der Waals surface area contributed by atoms with Gasteiger partial charge in [-0.1, -0.05) is 12.1 Å². The molecule has 3 aromatic rings. The van der Waals surface area contributed by atoms with Crippen LogP contribution in [0.1, 0.15) is 12.0 Å². The molecule has 0 spiro atoms. The standard InChI is InChI=1S/C23H25N3O4/c1-29-19-8-3-17(4-9-19)5-13-22(27)24-15-16-26-23(28)14-12-21(25-26)18-6-10-20(30-2)11-7-18/h3-4,6-12,14H,5,13,15-16H2,1-2H3,(H,24,27). The molecule has 2 aromatic carbocycles. The Hall–Kier alpha value is -3.61. The average molecular weight is 407 g/mol. The Kier molecular flexibility index (Phi) is 7.21. The molecule has 1 amide bonds. The van der Waals surface area contributed by atoms with E-state index in [1.54, 1.807) is 20.3 Å². The van der Waals surface area contributed by atoms with Crippen LogP contribution in [0.25, 0.3) is 11.3 Å². The summed E-state index contributed by atoms with van der Waals surface area (Å²) in [6.45, 7) is 0.636. The molecule has 1 N–H and O–H groups in total. The van der Waals surface area contributed by atoms with Gasteiger partial charge in [-0.05, 0) is 54.4 Å². The van der Waals surface area contributed by atoms with Gasteiger partial charge < -0.3 is 14.8 Å². The summed E-state index contributed by atoms with van der Waals surface area (Å²) in [6, 6.07) is 18.3. The third kappa shape index (κ3) is 5.70. The van der Waals surface area contributed by atoms with Crippen molar-refractivity contribution in [3.63, 3.8) is 0 Å². The lowest BCUT2D eigenvalue weighted by Crippen LogP contribution is -2.32. The first-order chi connectivity index (χ1) is 14.6. The van der Waals surface area contributed by atoms with Crippen molar-refractivity contribution in [2.24, 2.45) is 0 Å². The van der Waals surface area contributed by atoms with Crippen molar-refractivity contribution >= 4 is 5.91 Å². The lowest BCUT2D eigenvalue weighted by molar-refractivity contribution is -0.121. The zero-order valence-electron chi connectivity index (χ0n) is 17.1. The number of aromatic nitrogens is 2. The number of ether oxygens (including phenoxy) is 2. The molecule has 0 aliphatic heterocycles. The zero-order chi connectivity index (χ0) is 21.3. The molecule has 7 heteroatoms. The minimum atomic E-state index is -0.209. The second-order valence-corrected chi connectivity index (χ2v) is 6.71. The van der Waals surface area contributed by atoms with Gasteiger partial charge in [-0.3, -0.25) is 9.59 Å². The minimum absolute atomic E-state index is 0.0647. The molecule has 1 aromatic heterocycles. The number of aryl methyl sites for hydroxylation is 1. The van der Waals surface area contributed by atoms with Crippen LogP contribution in [0.3, 0.4) is 0 Å². The van der Waals surface area contributed by atoms with Gasteiger partial charge in [-0.25, -0.2) is 4.68 Å². The van der Waals surface area contributed by atoms with Crippen LogP contribution in [0.15, 0.2) is 65.5 Å². The predicted molar refractivity (Wildman–Crippen MR) is 115 cm³/mol. The van der Waals surface area contributed by atoms with Crippen molar-refractivity contribution in [2.45, 2.75) is 19.4 Å². The molecule has 0 atom stereocenters. The monoisotopic (exact) mass is 407 g/mol. The van der Waals surface area contributed by atoms with E-state index in [0.717, 1.165) is 22.6 Å². The number of nitrogens with zero attached hydrogens (tertiary/aromatic N) is 2. The summed E-state index contributed by atoms with van der Waals surface area (Å²) in [5.74, 6) is 1.48. The highest BCUT2D eigenvalue weighted by atomic mass is 16.5. The van der Waals surface area contributed by atoms with Crippen LogP contribution in [0.2, 0.25) is 0 Å². The quantitative estimate of drug-likeness (QED) is 0.590. The Bertz CT molecular complexity index is 1030. The highest BCUT2D eigenvalue weighted by Crippen LogP contribution is 2.19. The number of rotatable bonds is 9. The molecule has 0 unspecified atom stereocenters. The Labute approximate surface area is 175 Å². The fraction of sp³-hybridized carbons (Fsp3) is 0.261. The third-order valence-electron chi connectivity index (χ3n) is 4.70. The molecular weight excluding hydrogens is 382 g/mol. The predicted octanol–water partition coefficient (Wildman–Crippen LogP) is 2.68. The number of amides is 1. The van der Waals surface area contributed by atoms with E-state index in [1.165, 1.54) is 10.7 Å². The van der Waals surface area contributed by atoms with Crippen molar-refractivity contribution in [1.29, 1.82) is 0 Å². The number of nitrogens with one attached hydrogen (secondary N) is 1. The third-order valence-corrected chi connectivity index (χ3v) is 4.70. The largest absolute Gasteiger partial charge is 0.497 e. The van der Waals surface area contributed by atoms with Crippen molar-refractivity contribution in [3.05, 3.63) is 76.6 Å². The van der Waals surface area contributed by atoms with E-state index in [0.29, 0.717) is 31.6 Å². The van der Waals surface area contributed by atoms with Gasteiger partial charge in [0.05, 0.1) is 26.5 Å². The van der Waals surface area contributed by atoms with Crippen molar-refractivity contribution in [2.75, 3.05) is 20.8 Å². The maximum atomic E-state index is 12.1. The second kappa shape index (κ2) is 10.2. The Morgan fingerprint density at radius 2 is 1.57 bits per heavy atom. The van der Waals surface area contributed by atoms with Gasteiger partial charge >= 0.3 is 0 Å². The molecule has 0 aliphatic rings. The Morgan fingerprint density at radius 3 is 2.20 bits per heavy atom. The van der Waals surface area contributed by atoms with E-state index in [1.807, 2.05) is 48.5 Å². The number of carbonyl (C=O) groups is 1. The molecule has 0 fully saturated rings. The number of carbonyl (C=O) groups excluding carboxylic acids is 1. The summed E-state index contributed by atoms with van der Waals surface area (Å²) in [4.78, 5) is 24.2. The maximum absolute atomic E-state index is 12.1. The van der Waals surface area contributed by atoms with E-state index in [-0.39, 0.29) is 11.5 Å². The molecule has 156 valence electrons. The fourth-order valence-corrected chi connectivity index (χ4v) is 2.96. The Balaban J connectivity index is 1.52. The number of benzene rings is 2. The first kappa shape index (κ1) is 21.1. The second-order valence-electron chi connectivity index (χ2n) is 6.71. The van der Waals surface area contributed by atoms with Gasteiger partial charge in [0.15, 0.2) is 0 Å². The highest BCUT2D eigenvalue weighted by Gasteiger charge is 2.06. The van der Waals surface area contributed by atoms with E-state index in [2.05, 4.69) is 10.4 Å². The fourth-order valence-electron chi connectivity index (χ4n) is 2.96. The molecular formula is C23H25N3O4. The Morgan fingerprint density at radius 1 is 0.933 bits per heavy atom. The molecule has 3 rings (SSSR count). The smallest absolute Gasteiger partial charge is 0.266 e. The minimum Gasteiger partial charge on any atom is -0.497 e. The number of hydrogen-bond acceptors (Lipinski definition) is 5. The van der Waals surface area contributed by atoms with Crippen LogP contribution in [0.4, 0.5) is 0 Å². The van der Waals surface area contributed by atoms with Crippen molar-refractivity contribution < 1.29 is 14.3 Å². The van der Waals surface area contributed by atoms with Gasteiger partial charge in [0, 0.05) is 24.6 Å². The zero-order valence-corrected chi connectivity index (χ0v) is 17.1. The summed E-state index contributed by atoms with van der Waals surface area (Å²) in [6.07, 6.45) is 1.02. The van der Waals surface area contributed by atoms with E-state index in [4.69, 9.17) is 9.47 Å². The molecule has 0 bridgehead atoms. The molecule has 0 radical (unpaired) electrons. The molecule has 7 nitrogen and oxygen atoms in total. The van der Waals surface area contributed by atoms with Crippen LogP contribution in [-0.4, -0.2) is 36.5 Å². The summed E-state index contributed by atoms with van der Waals surface area (Å²) >= 11 is 0. The molecule has 1 heterocycles. The van der Waals surface area contributed by atoms with Gasteiger partial charge in [0.2, 0.25) is 5.91 Å². The van der Waals surface area contributed by atoms with Crippen LogP contribution in [0.5, 0.6) is 11.5 Å². The lowest BCUT2D eigenvalue weighted by atomic mass is 10.1. The highest BCUT2D eigenvalue weighted by molar-refractivity contribution is 5.76. The first-order valence-corrected chi connectivity index (χ1v) is 9.71. The van der Waals surface area contributed by atoms with Crippen LogP contribution in [0, 0.1) is 0 Å². The first-order valence-electron chi connectivity index (χ1n) is 9.71. The normalized spacial score (nSPS) is 10.5. The van der Waals surface area contributed by atoms with Gasteiger partial charge in [-0.2, -0.15) is 5.10 Å². The SMILES string of the molecule is COc1ccc(CCC(=O)NCCn2nc(-c3ccc(OC)cc3)ccc2=O)cc1.